The van der Waals surface area contributed by atoms with Crippen molar-refractivity contribution in [3.63, 3.8) is 0 Å². The Balaban J connectivity index is 1.36. The van der Waals surface area contributed by atoms with Crippen LogP contribution in [0.25, 0.3) is 11.1 Å². The summed E-state index contributed by atoms with van der Waals surface area (Å²) in [6.07, 6.45) is -1.88. The van der Waals surface area contributed by atoms with Crippen LogP contribution < -0.4 is 10.6 Å². The summed E-state index contributed by atoms with van der Waals surface area (Å²) in [5.41, 5.74) is 5.11. The van der Waals surface area contributed by atoms with E-state index in [0.29, 0.717) is 5.69 Å². The molecule has 3 aromatic rings. The molecule has 2 amide bonds. The van der Waals surface area contributed by atoms with Crippen molar-refractivity contribution in [2.75, 3.05) is 11.9 Å². The lowest BCUT2D eigenvalue weighted by atomic mass is 9.98. The number of anilines is 1. The Labute approximate surface area is 196 Å². The van der Waals surface area contributed by atoms with Gasteiger partial charge in [-0.2, -0.15) is 0 Å². The Morgan fingerprint density at radius 3 is 2.00 bits per heavy atom. The van der Waals surface area contributed by atoms with Gasteiger partial charge in [0.1, 0.15) is 6.61 Å². The quantitative estimate of drug-likeness (QED) is 0.427. The Bertz CT molecular complexity index is 1180. The molecule has 0 aliphatic heterocycles. The van der Waals surface area contributed by atoms with Crippen LogP contribution in [0.4, 0.5) is 10.5 Å². The molecular weight excluding hydrogens is 436 g/mol. The number of carboxylic acids is 1. The van der Waals surface area contributed by atoms with E-state index in [1.807, 2.05) is 36.4 Å². The lowest BCUT2D eigenvalue weighted by Crippen LogP contribution is -2.47. The van der Waals surface area contributed by atoms with E-state index in [9.17, 15) is 19.5 Å². The molecule has 34 heavy (non-hydrogen) atoms. The molecule has 2 atom stereocenters. The number of carbonyl (C=O) groups is 3. The molecule has 2 unspecified atom stereocenters. The van der Waals surface area contributed by atoms with Crippen LogP contribution >= 0.6 is 0 Å². The lowest BCUT2D eigenvalue weighted by molar-refractivity contribution is -0.141. The van der Waals surface area contributed by atoms with Gasteiger partial charge in [0.25, 0.3) is 5.91 Å². The van der Waals surface area contributed by atoms with E-state index in [4.69, 9.17) is 9.84 Å². The number of hydrogen-bond donors (Lipinski definition) is 4. The molecule has 0 fully saturated rings. The number of aliphatic hydroxyl groups is 1. The van der Waals surface area contributed by atoms with Crippen molar-refractivity contribution in [1.82, 2.24) is 5.32 Å². The van der Waals surface area contributed by atoms with Gasteiger partial charge in [-0.15, -0.1) is 0 Å². The second-order valence-electron chi connectivity index (χ2n) is 8.06. The van der Waals surface area contributed by atoms with Crippen molar-refractivity contribution in [2.24, 2.45) is 0 Å². The number of aliphatic carboxylic acids is 1. The highest BCUT2D eigenvalue weighted by molar-refractivity contribution is 5.97. The van der Waals surface area contributed by atoms with Gasteiger partial charge in [0, 0.05) is 17.2 Å². The van der Waals surface area contributed by atoms with E-state index in [0.717, 1.165) is 22.3 Å². The topological polar surface area (TPSA) is 125 Å². The van der Waals surface area contributed by atoms with E-state index in [1.165, 1.54) is 31.2 Å². The van der Waals surface area contributed by atoms with Gasteiger partial charge in [0.15, 0.2) is 6.04 Å². The summed E-state index contributed by atoms with van der Waals surface area (Å²) in [7, 11) is 0. The van der Waals surface area contributed by atoms with Crippen LogP contribution in [0.5, 0.6) is 0 Å². The number of amides is 2. The summed E-state index contributed by atoms with van der Waals surface area (Å²) < 4.78 is 5.50. The SMILES string of the molecule is CC(O)C(NC(=O)c1ccc(NC(=O)OCC2c3ccccc3-c3ccccc32)cc1)C(=O)O. The standard InChI is InChI=1S/C26H24N2O6/c1-15(29)23(25(31)32)28-24(30)16-10-12-17(13-11-16)27-26(33)34-14-22-20-8-4-2-6-18(20)19-7-3-5-9-21(19)22/h2-13,15,22-23,29H,14H2,1H3,(H,27,33)(H,28,30)(H,31,32). The normalized spacial score (nSPS) is 13.8. The molecule has 1 aliphatic carbocycles. The maximum Gasteiger partial charge on any atom is 0.411 e. The molecule has 0 bridgehead atoms. The molecule has 8 heteroatoms. The van der Waals surface area contributed by atoms with Gasteiger partial charge >= 0.3 is 12.1 Å². The van der Waals surface area contributed by atoms with Crippen LogP contribution in [0.15, 0.2) is 72.8 Å². The van der Waals surface area contributed by atoms with Crippen LogP contribution in [-0.4, -0.2) is 46.9 Å². The number of ether oxygens (including phenoxy) is 1. The monoisotopic (exact) mass is 460 g/mol. The minimum Gasteiger partial charge on any atom is -0.480 e. The van der Waals surface area contributed by atoms with Gasteiger partial charge in [0.2, 0.25) is 0 Å². The highest BCUT2D eigenvalue weighted by Crippen LogP contribution is 2.44. The van der Waals surface area contributed by atoms with E-state index in [1.54, 1.807) is 0 Å². The van der Waals surface area contributed by atoms with Crippen molar-refractivity contribution in [3.05, 3.63) is 89.5 Å². The third-order valence-electron chi connectivity index (χ3n) is 5.77. The first-order chi connectivity index (χ1) is 16.3. The summed E-state index contributed by atoms with van der Waals surface area (Å²) in [6, 6.07) is 20.6. The second kappa shape index (κ2) is 9.76. The van der Waals surface area contributed by atoms with Crippen LogP contribution in [0.3, 0.4) is 0 Å². The van der Waals surface area contributed by atoms with Crippen LogP contribution in [0, 0.1) is 0 Å². The molecule has 0 aromatic heterocycles. The van der Waals surface area contributed by atoms with E-state index < -0.39 is 30.1 Å². The molecule has 0 spiro atoms. The molecule has 0 radical (unpaired) electrons. The zero-order valence-corrected chi connectivity index (χ0v) is 18.4. The Morgan fingerprint density at radius 2 is 1.47 bits per heavy atom. The first kappa shape index (κ1) is 23.0. The number of carbonyl (C=O) groups excluding carboxylic acids is 2. The number of fused-ring (bicyclic) bond motifs is 3. The molecule has 1 aliphatic rings. The van der Waals surface area contributed by atoms with Gasteiger partial charge in [-0.1, -0.05) is 48.5 Å². The molecule has 4 rings (SSSR count). The zero-order valence-electron chi connectivity index (χ0n) is 18.4. The van der Waals surface area contributed by atoms with Crippen molar-refractivity contribution in [1.29, 1.82) is 0 Å². The fraction of sp³-hybridized carbons (Fsp3) is 0.192. The van der Waals surface area contributed by atoms with Crippen LogP contribution in [-0.2, 0) is 9.53 Å². The molecule has 4 N–H and O–H groups in total. The predicted octanol–water partition coefficient (Wildman–Crippen LogP) is 3.61. The van der Waals surface area contributed by atoms with Crippen molar-refractivity contribution in [3.8, 4) is 11.1 Å². The molecule has 0 saturated heterocycles. The zero-order chi connectivity index (χ0) is 24.2. The molecule has 0 heterocycles. The summed E-state index contributed by atoms with van der Waals surface area (Å²) in [4.78, 5) is 35.8. The number of nitrogens with one attached hydrogen (secondary N) is 2. The van der Waals surface area contributed by atoms with Crippen molar-refractivity contribution >= 4 is 23.7 Å². The molecule has 0 saturated carbocycles. The number of rotatable bonds is 7. The summed E-state index contributed by atoms with van der Waals surface area (Å²) in [5, 5.41) is 23.5. The third kappa shape index (κ3) is 4.77. The van der Waals surface area contributed by atoms with E-state index in [-0.39, 0.29) is 18.1 Å². The van der Waals surface area contributed by atoms with Crippen molar-refractivity contribution in [2.45, 2.75) is 25.0 Å². The van der Waals surface area contributed by atoms with Crippen LogP contribution in [0.2, 0.25) is 0 Å². The molecule has 174 valence electrons. The van der Waals surface area contributed by atoms with Gasteiger partial charge in [-0.05, 0) is 53.4 Å². The summed E-state index contributed by atoms with van der Waals surface area (Å²) in [6.45, 7) is 1.46. The molecule has 3 aromatic carbocycles. The highest BCUT2D eigenvalue weighted by Gasteiger charge is 2.29. The maximum absolute atomic E-state index is 12.4. The number of benzene rings is 3. The first-order valence-electron chi connectivity index (χ1n) is 10.8. The van der Waals surface area contributed by atoms with Crippen LogP contribution in [0.1, 0.15) is 34.3 Å². The summed E-state index contributed by atoms with van der Waals surface area (Å²) >= 11 is 0. The summed E-state index contributed by atoms with van der Waals surface area (Å²) in [5.74, 6) is -2.04. The molecular formula is C26H24N2O6. The fourth-order valence-electron chi connectivity index (χ4n) is 4.07. The minimum atomic E-state index is -1.42. The number of hydrogen-bond acceptors (Lipinski definition) is 5. The highest BCUT2D eigenvalue weighted by atomic mass is 16.5. The Morgan fingerprint density at radius 1 is 0.912 bits per heavy atom. The third-order valence-corrected chi connectivity index (χ3v) is 5.77. The predicted molar refractivity (Wildman–Crippen MR) is 126 cm³/mol. The van der Waals surface area contributed by atoms with Gasteiger partial charge in [0.05, 0.1) is 6.10 Å². The Kier molecular flexibility index (Phi) is 6.60. The average Bonchev–Trinajstić information content (AvgIpc) is 3.15. The van der Waals surface area contributed by atoms with Gasteiger partial charge in [-0.3, -0.25) is 10.1 Å². The Hall–Kier alpha value is -4.17. The van der Waals surface area contributed by atoms with E-state index >= 15 is 0 Å². The lowest BCUT2D eigenvalue weighted by Gasteiger charge is -2.17. The fourth-order valence-corrected chi connectivity index (χ4v) is 4.07. The minimum absolute atomic E-state index is 0.0553. The second-order valence-corrected chi connectivity index (χ2v) is 8.06. The molecule has 8 nitrogen and oxygen atoms in total. The van der Waals surface area contributed by atoms with Gasteiger partial charge < -0.3 is 20.3 Å². The first-order valence-corrected chi connectivity index (χ1v) is 10.8. The van der Waals surface area contributed by atoms with Gasteiger partial charge in [-0.25, -0.2) is 9.59 Å². The number of carboxylic acid groups (broad SMARTS) is 1. The van der Waals surface area contributed by atoms with Crippen molar-refractivity contribution < 1.29 is 29.3 Å². The number of aliphatic hydroxyl groups excluding tert-OH is 1. The average molecular weight is 460 g/mol. The largest absolute Gasteiger partial charge is 0.480 e. The maximum atomic E-state index is 12.4. The smallest absolute Gasteiger partial charge is 0.411 e. The van der Waals surface area contributed by atoms with E-state index in [2.05, 4.69) is 22.8 Å².